The van der Waals surface area contributed by atoms with Gasteiger partial charge >= 0.3 is 6.18 Å². The highest BCUT2D eigenvalue weighted by atomic mass is 32.2. The number of rotatable bonds is 3. The van der Waals surface area contributed by atoms with E-state index in [1.54, 1.807) is 23.9 Å². The van der Waals surface area contributed by atoms with Crippen molar-refractivity contribution in [2.45, 2.75) is 16.4 Å². The van der Waals surface area contributed by atoms with Crippen molar-refractivity contribution in [3.8, 4) is 0 Å². The van der Waals surface area contributed by atoms with Crippen LogP contribution in [-0.2, 0) is 4.79 Å². The minimum absolute atomic E-state index is 0.102. The summed E-state index contributed by atoms with van der Waals surface area (Å²) in [5.41, 5.74) is 0.734. The molecular weight excluding hydrogens is 295 g/mol. The van der Waals surface area contributed by atoms with E-state index in [1.165, 1.54) is 11.8 Å². The molecule has 0 N–H and O–H groups in total. The van der Waals surface area contributed by atoms with Crippen LogP contribution in [0.5, 0.6) is 0 Å². The normalized spacial score (nSPS) is 20.1. The number of thioether (sulfide) groups is 2. The number of halogens is 3. The predicted octanol–water partition coefficient (Wildman–Crippen LogP) is 3.54. The molecule has 0 radical (unpaired) electrons. The number of hydrogen-bond acceptors (Lipinski definition) is 3. The summed E-state index contributed by atoms with van der Waals surface area (Å²) in [5.74, 6) is -0.355. The fourth-order valence-electron chi connectivity index (χ4n) is 1.86. The first-order valence-corrected chi connectivity index (χ1v) is 7.80. The van der Waals surface area contributed by atoms with Crippen LogP contribution in [0.25, 0.3) is 0 Å². The molecule has 19 heavy (non-hydrogen) atoms. The van der Waals surface area contributed by atoms with Gasteiger partial charge in [0.15, 0.2) is 0 Å². The molecule has 2 nitrogen and oxygen atoms in total. The molecule has 0 bridgehead atoms. The van der Waals surface area contributed by atoms with Crippen molar-refractivity contribution < 1.29 is 18.0 Å². The molecule has 1 aromatic rings. The smallest absolute Gasteiger partial charge is 0.317 e. The standard InChI is InChI=1S/C12H12F3NOS2/c1-18-9-4-2-8(3-5-9)11-16(7-12(13,14)15)10(17)6-19-11/h2-5,11H,6-7H2,1H3. The number of benzene rings is 1. The Labute approximate surface area is 117 Å². The first-order chi connectivity index (χ1) is 8.90. The summed E-state index contributed by atoms with van der Waals surface area (Å²) in [7, 11) is 0. The van der Waals surface area contributed by atoms with Crippen molar-refractivity contribution in [2.75, 3.05) is 18.6 Å². The second-order valence-corrected chi connectivity index (χ2v) is 6.02. The third kappa shape index (κ3) is 3.60. The maximum absolute atomic E-state index is 12.5. The highest BCUT2D eigenvalue weighted by Crippen LogP contribution is 2.40. The topological polar surface area (TPSA) is 20.3 Å². The zero-order valence-electron chi connectivity index (χ0n) is 10.1. The van der Waals surface area contributed by atoms with Gasteiger partial charge in [0, 0.05) is 4.90 Å². The molecule has 2 rings (SSSR count). The molecule has 1 unspecified atom stereocenters. The third-order valence-electron chi connectivity index (χ3n) is 2.72. The maximum atomic E-state index is 12.5. The minimum atomic E-state index is -4.36. The molecule has 0 saturated carbocycles. The van der Waals surface area contributed by atoms with Crippen LogP contribution in [0.1, 0.15) is 10.9 Å². The van der Waals surface area contributed by atoms with Gasteiger partial charge in [0.25, 0.3) is 0 Å². The largest absolute Gasteiger partial charge is 0.406 e. The van der Waals surface area contributed by atoms with Gasteiger partial charge in [-0.1, -0.05) is 12.1 Å². The van der Waals surface area contributed by atoms with Gasteiger partial charge < -0.3 is 4.90 Å². The van der Waals surface area contributed by atoms with Crippen molar-refractivity contribution in [3.05, 3.63) is 29.8 Å². The Morgan fingerprint density at radius 3 is 2.53 bits per heavy atom. The van der Waals surface area contributed by atoms with Crippen molar-refractivity contribution in [2.24, 2.45) is 0 Å². The number of carbonyl (C=O) groups excluding carboxylic acids is 1. The summed E-state index contributed by atoms with van der Waals surface area (Å²) in [6.45, 7) is -1.19. The summed E-state index contributed by atoms with van der Waals surface area (Å²) in [6, 6.07) is 7.28. The summed E-state index contributed by atoms with van der Waals surface area (Å²) >= 11 is 2.80. The van der Waals surface area contributed by atoms with E-state index < -0.39 is 24.0 Å². The van der Waals surface area contributed by atoms with Gasteiger partial charge in [-0.3, -0.25) is 4.79 Å². The van der Waals surface area contributed by atoms with Crippen LogP contribution in [0.2, 0.25) is 0 Å². The van der Waals surface area contributed by atoms with Gasteiger partial charge in [-0.05, 0) is 24.0 Å². The summed E-state index contributed by atoms with van der Waals surface area (Å²) in [4.78, 5) is 13.5. The zero-order chi connectivity index (χ0) is 14.0. The van der Waals surface area contributed by atoms with Crippen molar-refractivity contribution in [3.63, 3.8) is 0 Å². The average Bonchev–Trinajstić information content (AvgIpc) is 2.69. The lowest BCUT2D eigenvalue weighted by atomic mass is 10.2. The minimum Gasteiger partial charge on any atom is -0.317 e. The van der Waals surface area contributed by atoms with E-state index in [2.05, 4.69) is 0 Å². The molecule has 0 aromatic heterocycles. The number of amides is 1. The van der Waals surface area contributed by atoms with Crippen LogP contribution in [-0.4, -0.2) is 35.5 Å². The van der Waals surface area contributed by atoms with E-state index in [0.29, 0.717) is 0 Å². The lowest BCUT2D eigenvalue weighted by Crippen LogP contribution is -2.37. The van der Waals surface area contributed by atoms with Gasteiger partial charge in [0.2, 0.25) is 5.91 Å². The fourth-order valence-corrected chi connectivity index (χ4v) is 3.46. The van der Waals surface area contributed by atoms with Gasteiger partial charge in [0.1, 0.15) is 11.9 Å². The number of nitrogens with zero attached hydrogens (tertiary/aromatic N) is 1. The lowest BCUT2D eigenvalue weighted by molar-refractivity contribution is -0.159. The van der Waals surface area contributed by atoms with Crippen LogP contribution in [0, 0.1) is 0 Å². The van der Waals surface area contributed by atoms with E-state index in [1.807, 2.05) is 18.4 Å². The van der Waals surface area contributed by atoms with Gasteiger partial charge in [-0.15, -0.1) is 23.5 Å². The Kier molecular flexibility index (Phi) is 4.35. The van der Waals surface area contributed by atoms with Gasteiger partial charge in [0.05, 0.1) is 5.75 Å². The Balaban J connectivity index is 2.19. The third-order valence-corrected chi connectivity index (χ3v) is 4.72. The van der Waals surface area contributed by atoms with E-state index in [0.717, 1.165) is 15.4 Å². The Hall–Kier alpha value is -0.820. The van der Waals surface area contributed by atoms with Crippen LogP contribution in [0.4, 0.5) is 13.2 Å². The fraction of sp³-hybridized carbons (Fsp3) is 0.417. The first-order valence-electron chi connectivity index (χ1n) is 5.52. The van der Waals surface area contributed by atoms with Crippen LogP contribution >= 0.6 is 23.5 Å². The molecule has 0 aliphatic carbocycles. The molecule has 1 fully saturated rings. The number of hydrogen-bond donors (Lipinski definition) is 0. The molecule has 1 aliphatic heterocycles. The van der Waals surface area contributed by atoms with Crippen molar-refractivity contribution in [1.29, 1.82) is 0 Å². The second-order valence-electron chi connectivity index (χ2n) is 4.07. The van der Waals surface area contributed by atoms with Gasteiger partial charge in [-0.2, -0.15) is 13.2 Å². The molecule has 1 aliphatic rings. The van der Waals surface area contributed by atoms with Crippen molar-refractivity contribution in [1.82, 2.24) is 4.90 Å². The molecule has 104 valence electrons. The van der Waals surface area contributed by atoms with Crippen LogP contribution in [0.15, 0.2) is 29.2 Å². The Morgan fingerprint density at radius 1 is 1.37 bits per heavy atom. The quantitative estimate of drug-likeness (QED) is 0.797. The first kappa shape index (κ1) is 14.6. The lowest BCUT2D eigenvalue weighted by Gasteiger charge is -2.25. The van der Waals surface area contributed by atoms with E-state index in [4.69, 9.17) is 0 Å². The molecule has 1 atom stereocenters. The Morgan fingerprint density at radius 2 is 2.00 bits per heavy atom. The SMILES string of the molecule is CSc1ccc(C2SCC(=O)N2CC(F)(F)F)cc1. The molecule has 1 saturated heterocycles. The maximum Gasteiger partial charge on any atom is 0.406 e. The highest BCUT2D eigenvalue weighted by Gasteiger charge is 2.40. The molecule has 1 aromatic carbocycles. The number of carbonyl (C=O) groups is 1. The molecule has 1 amide bonds. The molecule has 1 heterocycles. The van der Waals surface area contributed by atoms with E-state index in [9.17, 15) is 18.0 Å². The summed E-state index contributed by atoms with van der Waals surface area (Å²) in [5, 5.41) is -0.537. The van der Waals surface area contributed by atoms with E-state index in [-0.39, 0.29) is 5.75 Å². The highest BCUT2D eigenvalue weighted by molar-refractivity contribution is 8.00. The average molecular weight is 307 g/mol. The van der Waals surface area contributed by atoms with Crippen LogP contribution < -0.4 is 0 Å². The van der Waals surface area contributed by atoms with Gasteiger partial charge in [-0.25, -0.2) is 0 Å². The van der Waals surface area contributed by atoms with E-state index >= 15 is 0 Å². The molecular formula is C12H12F3NOS2. The molecule has 7 heteroatoms. The van der Waals surface area contributed by atoms with Crippen LogP contribution in [0.3, 0.4) is 0 Å². The zero-order valence-corrected chi connectivity index (χ0v) is 11.7. The van der Waals surface area contributed by atoms with Crippen molar-refractivity contribution >= 4 is 29.4 Å². The Bertz CT molecular complexity index is 461. The molecule has 0 spiro atoms. The number of alkyl halides is 3. The summed E-state index contributed by atoms with van der Waals surface area (Å²) in [6.07, 6.45) is -2.43. The second kappa shape index (κ2) is 5.66. The summed E-state index contributed by atoms with van der Waals surface area (Å²) < 4.78 is 37.4. The predicted molar refractivity (Wildman–Crippen MR) is 71.2 cm³/mol. The monoisotopic (exact) mass is 307 g/mol.